The second kappa shape index (κ2) is 8.36. The van der Waals surface area contributed by atoms with Crippen LogP contribution in [-0.2, 0) is 7.05 Å². The van der Waals surface area contributed by atoms with E-state index in [1.165, 1.54) is 22.5 Å². The summed E-state index contributed by atoms with van der Waals surface area (Å²) in [5, 5.41) is 22.4. The van der Waals surface area contributed by atoms with E-state index in [9.17, 15) is 4.39 Å². The van der Waals surface area contributed by atoms with Crippen molar-refractivity contribution in [3.63, 3.8) is 0 Å². The highest BCUT2D eigenvalue weighted by Gasteiger charge is 2.19. The lowest BCUT2D eigenvalue weighted by Gasteiger charge is -2.25. The van der Waals surface area contributed by atoms with E-state index in [1.54, 1.807) is 19.2 Å². The number of tetrazole rings is 1. The van der Waals surface area contributed by atoms with E-state index in [1.807, 2.05) is 6.07 Å². The van der Waals surface area contributed by atoms with Crippen molar-refractivity contribution in [1.29, 1.82) is 5.26 Å². The molecule has 7 nitrogen and oxygen atoms in total. The largest absolute Gasteiger partial charge is 0.316 e. The molecule has 0 unspecified atom stereocenters. The van der Waals surface area contributed by atoms with Crippen molar-refractivity contribution < 1.29 is 4.39 Å². The smallest absolute Gasteiger partial charge is 0.204 e. The lowest BCUT2D eigenvalue weighted by molar-refractivity contribution is 0.309. The van der Waals surface area contributed by atoms with Crippen LogP contribution in [0.3, 0.4) is 0 Å². The van der Waals surface area contributed by atoms with Crippen LogP contribution in [-0.4, -0.2) is 49.3 Å². The summed E-state index contributed by atoms with van der Waals surface area (Å²) in [5.74, 6) is 0.323. The first-order valence-corrected chi connectivity index (χ1v) is 10.6. The number of rotatable bonds is 5. The first kappa shape index (κ1) is 20.1. The summed E-state index contributed by atoms with van der Waals surface area (Å²) in [7, 11) is 1.75. The molecule has 0 atom stereocenters. The Morgan fingerprint density at radius 1 is 1.16 bits per heavy atom. The Balaban J connectivity index is 1.61. The summed E-state index contributed by atoms with van der Waals surface area (Å²) in [6.07, 6.45) is 5.82. The molecule has 5 rings (SSSR count). The van der Waals surface area contributed by atoms with E-state index in [4.69, 9.17) is 5.26 Å². The summed E-state index contributed by atoms with van der Waals surface area (Å²) >= 11 is 0. The molecular weight excluding hydrogens is 405 g/mol. The van der Waals surface area contributed by atoms with Gasteiger partial charge in [0.05, 0.1) is 18.6 Å². The van der Waals surface area contributed by atoms with Crippen molar-refractivity contribution in [2.45, 2.75) is 12.8 Å². The Morgan fingerprint density at radius 2 is 2.00 bits per heavy atom. The Bertz CT molecular complexity index is 1340. The zero-order valence-electron chi connectivity index (χ0n) is 17.7. The van der Waals surface area contributed by atoms with Gasteiger partial charge in [0.15, 0.2) is 0 Å². The fourth-order valence-corrected chi connectivity index (χ4v) is 4.21. The molecule has 8 heteroatoms. The van der Waals surface area contributed by atoms with Crippen LogP contribution < -0.4 is 0 Å². The van der Waals surface area contributed by atoms with Crippen molar-refractivity contribution >= 4 is 16.5 Å². The molecule has 0 saturated heterocycles. The fraction of sp³-hybridized carbons (Fsp3) is 0.250. The number of hydrogen-bond acceptors (Lipinski definition) is 5. The Kier molecular flexibility index (Phi) is 5.25. The van der Waals surface area contributed by atoms with Gasteiger partial charge < -0.3 is 4.57 Å². The average Bonchev–Trinajstić information content (AvgIpc) is 3.42. The maximum Gasteiger partial charge on any atom is 0.204 e. The molecule has 160 valence electrons. The van der Waals surface area contributed by atoms with Crippen LogP contribution in [0.15, 0.2) is 54.7 Å². The van der Waals surface area contributed by atoms with Crippen LogP contribution in [0.25, 0.3) is 33.6 Å². The Labute approximate surface area is 185 Å². The number of hydrogen-bond donors (Lipinski definition) is 0. The highest BCUT2D eigenvalue weighted by Crippen LogP contribution is 2.35. The third-order valence-electron chi connectivity index (χ3n) is 5.85. The van der Waals surface area contributed by atoms with E-state index in [0.717, 1.165) is 53.8 Å². The molecular formula is C24H22FN7. The SMILES string of the molecule is Cn1nnc(-c2ccc3c(c2)c(C2=CCN(CCC#N)CC2)cn3-c2ccc(F)cc2)n1. The molecule has 0 aliphatic carbocycles. The first-order valence-electron chi connectivity index (χ1n) is 10.6. The van der Waals surface area contributed by atoms with Crippen molar-refractivity contribution in [3.05, 3.63) is 66.1 Å². The Hall–Kier alpha value is -3.83. The minimum atomic E-state index is -0.256. The lowest BCUT2D eigenvalue weighted by atomic mass is 9.98. The lowest BCUT2D eigenvalue weighted by Crippen LogP contribution is -2.29. The summed E-state index contributed by atoms with van der Waals surface area (Å²) in [6, 6.07) is 14.9. The van der Waals surface area contributed by atoms with Gasteiger partial charge in [-0.25, -0.2) is 4.39 Å². The Morgan fingerprint density at radius 3 is 2.69 bits per heavy atom. The van der Waals surface area contributed by atoms with Gasteiger partial charge in [0.2, 0.25) is 5.82 Å². The number of aryl methyl sites for hydroxylation is 1. The van der Waals surface area contributed by atoms with Crippen LogP contribution in [0.2, 0.25) is 0 Å². The van der Waals surface area contributed by atoms with Crippen LogP contribution in [0.4, 0.5) is 4.39 Å². The maximum atomic E-state index is 13.5. The van der Waals surface area contributed by atoms with Gasteiger partial charge in [-0.2, -0.15) is 10.1 Å². The number of fused-ring (bicyclic) bond motifs is 1. The van der Waals surface area contributed by atoms with Gasteiger partial charge in [0.25, 0.3) is 0 Å². The zero-order chi connectivity index (χ0) is 22.1. The van der Waals surface area contributed by atoms with Crippen LogP contribution in [0.5, 0.6) is 0 Å². The molecule has 0 spiro atoms. The van der Waals surface area contributed by atoms with E-state index in [2.05, 4.69) is 55.4 Å². The second-order valence-corrected chi connectivity index (χ2v) is 7.91. The van der Waals surface area contributed by atoms with Gasteiger partial charge >= 0.3 is 0 Å². The van der Waals surface area contributed by atoms with Gasteiger partial charge in [-0.3, -0.25) is 4.90 Å². The number of halogens is 1. The van der Waals surface area contributed by atoms with Gasteiger partial charge in [-0.1, -0.05) is 6.08 Å². The first-order chi connectivity index (χ1) is 15.6. The molecule has 0 radical (unpaired) electrons. The molecule has 0 bridgehead atoms. The number of benzene rings is 2. The molecule has 0 N–H and O–H groups in total. The molecule has 32 heavy (non-hydrogen) atoms. The van der Waals surface area contributed by atoms with Gasteiger partial charge in [-0.15, -0.1) is 10.2 Å². The third kappa shape index (κ3) is 3.79. The van der Waals surface area contributed by atoms with Crippen LogP contribution in [0.1, 0.15) is 18.4 Å². The van der Waals surface area contributed by atoms with Gasteiger partial charge in [0, 0.05) is 54.5 Å². The molecule has 0 amide bonds. The third-order valence-corrected chi connectivity index (χ3v) is 5.85. The number of aromatic nitrogens is 5. The van der Waals surface area contributed by atoms with E-state index >= 15 is 0 Å². The van der Waals surface area contributed by atoms with Crippen LogP contribution >= 0.6 is 0 Å². The monoisotopic (exact) mass is 427 g/mol. The van der Waals surface area contributed by atoms with Crippen molar-refractivity contribution in [2.75, 3.05) is 19.6 Å². The quantitative estimate of drug-likeness (QED) is 0.482. The summed E-state index contributed by atoms with van der Waals surface area (Å²) in [6.45, 7) is 2.54. The molecule has 1 aliphatic heterocycles. The van der Waals surface area contributed by atoms with Gasteiger partial charge in [0.1, 0.15) is 5.82 Å². The number of nitriles is 1. The summed E-state index contributed by atoms with van der Waals surface area (Å²) in [5.41, 5.74) is 5.26. The second-order valence-electron chi connectivity index (χ2n) is 7.91. The molecule has 3 heterocycles. The molecule has 2 aromatic carbocycles. The fourth-order valence-electron chi connectivity index (χ4n) is 4.21. The number of nitrogens with zero attached hydrogens (tertiary/aromatic N) is 7. The normalized spacial score (nSPS) is 14.5. The average molecular weight is 427 g/mol. The summed E-state index contributed by atoms with van der Waals surface area (Å²) < 4.78 is 15.6. The molecule has 0 fully saturated rings. The highest BCUT2D eigenvalue weighted by atomic mass is 19.1. The van der Waals surface area contributed by atoms with E-state index in [0.29, 0.717) is 12.2 Å². The van der Waals surface area contributed by atoms with E-state index in [-0.39, 0.29) is 5.82 Å². The topological polar surface area (TPSA) is 75.6 Å². The van der Waals surface area contributed by atoms with Crippen molar-refractivity contribution in [1.82, 2.24) is 29.7 Å². The van der Waals surface area contributed by atoms with E-state index < -0.39 is 0 Å². The maximum absolute atomic E-state index is 13.5. The molecule has 4 aromatic rings. The molecule has 2 aromatic heterocycles. The predicted octanol–water partition coefficient (Wildman–Crippen LogP) is 3.96. The van der Waals surface area contributed by atoms with Crippen molar-refractivity contribution in [2.24, 2.45) is 7.05 Å². The molecule has 1 aliphatic rings. The van der Waals surface area contributed by atoms with Crippen LogP contribution in [0, 0.1) is 17.1 Å². The van der Waals surface area contributed by atoms with Gasteiger partial charge in [-0.05, 0) is 59.7 Å². The minimum absolute atomic E-state index is 0.256. The standard InChI is InChI=1S/C24H22FN7/c1-30-28-24(27-29-30)18-3-8-23-21(15-18)22(16-32(23)20-6-4-19(25)5-7-20)17-9-13-31(14-10-17)12-2-11-26/h3-9,15-16H,2,10,12-14H2,1H3. The summed E-state index contributed by atoms with van der Waals surface area (Å²) in [4.78, 5) is 3.74. The predicted molar refractivity (Wildman–Crippen MR) is 120 cm³/mol. The van der Waals surface area contributed by atoms with Crippen molar-refractivity contribution in [3.8, 4) is 23.1 Å². The highest BCUT2D eigenvalue weighted by molar-refractivity contribution is 5.96. The minimum Gasteiger partial charge on any atom is -0.316 e. The zero-order valence-corrected chi connectivity index (χ0v) is 17.7. The molecule has 0 saturated carbocycles.